The standard InChI is InChI=1S/C16H19N3O/c1-4-10-18(11-5-2)19-15-14(8-7-9-17-15)12-13(6-3)16(19)20/h4-5,7-9,12H,1-2,6,10-11H2,3H3. The third-order valence-electron chi connectivity index (χ3n) is 3.16. The zero-order valence-corrected chi connectivity index (χ0v) is 11.7. The van der Waals surface area contributed by atoms with Crippen molar-refractivity contribution in [1.29, 1.82) is 0 Å². The summed E-state index contributed by atoms with van der Waals surface area (Å²) >= 11 is 0. The van der Waals surface area contributed by atoms with Crippen LogP contribution in [0.5, 0.6) is 0 Å². The maximum absolute atomic E-state index is 12.6. The molecule has 0 atom stereocenters. The van der Waals surface area contributed by atoms with Gasteiger partial charge in [0.1, 0.15) is 0 Å². The molecule has 0 N–H and O–H groups in total. The quantitative estimate of drug-likeness (QED) is 0.755. The van der Waals surface area contributed by atoms with Crippen LogP contribution < -0.4 is 10.6 Å². The largest absolute Gasteiger partial charge is 0.301 e. The van der Waals surface area contributed by atoms with Crippen LogP contribution in [0.25, 0.3) is 11.0 Å². The summed E-state index contributed by atoms with van der Waals surface area (Å²) in [5.41, 5.74) is 1.42. The van der Waals surface area contributed by atoms with Crippen molar-refractivity contribution in [3.05, 3.63) is 65.6 Å². The van der Waals surface area contributed by atoms with Crippen LogP contribution in [0, 0.1) is 0 Å². The van der Waals surface area contributed by atoms with Gasteiger partial charge in [0.25, 0.3) is 5.56 Å². The van der Waals surface area contributed by atoms with Gasteiger partial charge in [-0.3, -0.25) is 4.79 Å². The summed E-state index contributed by atoms with van der Waals surface area (Å²) in [4.78, 5) is 17.0. The van der Waals surface area contributed by atoms with Gasteiger partial charge in [-0.25, -0.2) is 9.66 Å². The molecule has 0 radical (unpaired) electrons. The Bertz CT molecular complexity index is 678. The van der Waals surface area contributed by atoms with E-state index in [2.05, 4.69) is 18.1 Å². The number of fused-ring (bicyclic) bond motifs is 1. The van der Waals surface area contributed by atoms with Crippen molar-refractivity contribution in [2.45, 2.75) is 13.3 Å². The molecule has 0 aliphatic rings. The molecule has 0 aliphatic carbocycles. The van der Waals surface area contributed by atoms with E-state index in [1.165, 1.54) is 0 Å². The lowest BCUT2D eigenvalue weighted by Gasteiger charge is -2.25. The summed E-state index contributed by atoms with van der Waals surface area (Å²) < 4.78 is 1.64. The van der Waals surface area contributed by atoms with Crippen molar-refractivity contribution in [3.63, 3.8) is 0 Å². The number of hydrogen-bond donors (Lipinski definition) is 0. The molecule has 0 aromatic carbocycles. The third-order valence-corrected chi connectivity index (χ3v) is 3.16. The van der Waals surface area contributed by atoms with E-state index in [4.69, 9.17) is 0 Å². The molecule has 2 heterocycles. The number of nitrogens with zero attached hydrogens (tertiary/aromatic N) is 3. The van der Waals surface area contributed by atoms with Crippen LogP contribution in [0.1, 0.15) is 12.5 Å². The molecule has 0 unspecified atom stereocenters. The first-order chi connectivity index (χ1) is 9.72. The predicted octanol–water partition coefficient (Wildman–Crippen LogP) is 2.27. The van der Waals surface area contributed by atoms with E-state index in [1.54, 1.807) is 23.0 Å². The van der Waals surface area contributed by atoms with Crippen LogP contribution in [-0.2, 0) is 6.42 Å². The normalized spacial score (nSPS) is 10.4. The van der Waals surface area contributed by atoms with E-state index in [0.29, 0.717) is 25.2 Å². The fourth-order valence-electron chi connectivity index (χ4n) is 2.23. The maximum atomic E-state index is 12.6. The Morgan fingerprint density at radius 2 is 2.05 bits per heavy atom. The molecule has 0 amide bonds. The predicted molar refractivity (Wildman–Crippen MR) is 83.7 cm³/mol. The minimum Gasteiger partial charge on any atom is -0.301 e. The minimum atomic E-state index is -0.0256. The molecule has 4 nitrogen and oxygen atoms in total. The van der Waals surface area contributed by atoms with Crippen LogP contribution in [-0.4, -0.2) is 22.7 Å². The van der Waals surface area contributed by atoms with Crippen molar-refractivity contribution in [3.8, 4) is 0 Å². The van der Waals surface area contributed by atoms with Gasteiger partial charge in [0.2, 0.25) is 0 Å². The van der Waals surface area contributed by atoms with Gasteiger partial charge in [0.05, 0.1) is 13.1 Å². The monoisotopic (exact) mass is 269 g/mol. The topological polar surface area (TPSA) is 38.1 Å². The molecule has 2 aromatic heterocycles. The van der Waals surface area contributed by atoms with Gasteiger partial charge >= 0.3 is 0 Å². The molecule has 0 aliphatic heterocycles. The second-order valence-electron chi connectivity index (χ2n) is 4.51. The Balaban J connectivity index is 2.76. The second kappa shape index (κ2) is 6.19. The van der Waals surface area contributed by atoms with Gasteiger partial charge in [-0.05, 0) is 24.6 Å². The molecule has 0 spiro atoms. The van der Waals surface area contributed by atoms with Crippen LogP contribution in [0.15, 0.2) is 54.5 Å². The fraction of sp³-hybridized carbons (Fsp3) is 0.250. The first kappa shape index (κ1) is 14.1. The smallest absolute Gasteiger partial charge is 0.274 e. The number of pyridine rings is 2. The van der Waals surface area contributed by atoms with Crippen molar-refractivity contribution in [2.24, 2.45) is 0 Å². The first-order valence-corrected chi connectivity index (χ1v) is 6.69. The van der Waals surface area contributed by atoms with Gasteiger partial charge in [-0.2, -0.15) is 0 Å². The van der Waals surface area contributed by atoms with Crippen LogP contribution in [0.2, 0.25) is 0 Å². The lowest BCUT2D eigenvalue weighted by molar-refractivity contribution is 0.646. The van der Waals surface area contributed by atoms with E-state index in [0.717, 1.165) is 10.9 Å². The van der Waals surface area contributed by atoms with E-state index < -0.39 is 0 Å². The van der Waals surface area contributed by atoms with Crippen LogP contribution in [0.3, 0.4) is 0 Å². The summed E-state index contributed by atoms with van der Waals surface area (Å²) in [5, 5.41) is 2.85. The molecule has 20 heavy (non-hydrogen) atoms. The second-order valence-corrected chi connectivity index (χ2v) is 4.51. The van der Waals surface area contributed by atoms with E-state index >= 15 is 0 Å². The van der Waals surface area contributed by atoms with E-state index in [1.807, 2.05) is 30.1 Å². The van der Waals surface area contributed by atoms with Crippen molar-refractivity contribution < 1.29 is 0 Å². The Hall–Kier alpha value is -2.36. The summed E-state index contributed by atoms with van der Waals surface area (Å²) in [6, 6.07) is 5.76. The number of rotatable bonds is 6. The van der Waals surface area contributed by atoms with Crippen molar-refractivity contribution in [1.82, 2.24) is 9.66 Å². The van der Waals surface area contributed by atoms with Gasteiger partial charge in [-0.15, -0.1) is 13.2 Å². The molecular weight excluding hydrogens is 250 g/mol. The van der Waals surface area contributed by atoms with Gasteiger partial charge in [0.15, 0.2) is 5.65 Å². The molecule has 4 heteroatoms. The number of aromatic nitrogens is 2. The third kappa shape index (κ3) is 2.50. The van der Waals surface area contributed by atoms with Crippen LogP contribution in [0.4, 0.5) is 0 Å². The molecule has 0 fully saturated rings. The summed E-state index contributed by atoms with van der Waals surface area (Å²) in [7, 11) is 0. The molecule has 2 aromatic rings. The molecule has 0 saturated carbocycles. The van der Waals surface area contributed by atoms with Gasteiger partial charge in [0, 0.05) is 17.1 Å². The average Bonchev–Trinajstić information content (AvgIpc) is 2.46. The molecule has 0 bridgehead atoms. The Labute approximate surface area is 118 Å². The molecular formula is C16H19N3O. The zero-order valence-electron chi connectivity index (χ0n) is 11.7. The summed E-state index contributed by atoms with van der Waals surface area (Å²) in [6.07, 6.45) is 5.93. The molecule has 0 saturated heterocycles. The Kier molecular flexibility index (Phi) is 4.35. The summed E-state index contributed by atoms with van der Waals surface area (Å²) in [5.74, 6) is 0. The number of hydrogen-bond acceptors (Lipinski definition) is 3. The van der Waals surface area contributed by atoms with Gasteiger partial charge in [-0.1, -0.05) is 19.1 Å². The van der Waals surface area contributed by atoms with E-state index in [-0.39, 0.29) is 5.56 Å². The fourth-order valence-corrected chi connectivity index (χ4v) is 2.23. The average molecular weight is 269 g/mol. The highest BCUT2D eigenvalue weighted by Gasteiger charge is 2.13. The zero-order chi connectivity index (χ0) is 14.5. The lowest BCUT2D eigenvalue weighted by Crippen LogP contribution is -2.44. The highest BCUT2D eigenvalue weighted by molar-refractivity contribution is 5.75. The SMILES string of the molecule is C=CCN(CC=C)n1c(=O)c(CC)cc2cccnc21. The molecule has 2 rings (SSSR count). The maximum Gasteiger partial charge on any atom is 0.274 e. The highest BCUT2D eigenvalue weighted by atomic mass is 16.1. The molecule has 104 valence electrons. The summed E-state index contributed by atoms with van der Waals surface area (Å²) in [6.45, 7) is 10.6. The Morgan fingerprint density at radius 3 is 2.65 bits per heavy atom. The van der Waals surface area contributed by atoms with Crippen molar-refractivity contribution in [2.75, 3.05) is 18.1 Å². The van der Waals surface area contributed by atoms with Gasteiger partial charge < -0.3 is 5.01 Å². The Morgan fingerprint density at radius 1 is 1.35 bits per heavy atom. The van der Waals surface area contributed by atoms with Crippen LogP contribution >= 0.6 is 0 Å². The lowest BCUT2D eigenvalue weighted by atomic mass is 10.1. The van der Waals surface area contributed by atoms with Crippen molar-refractivity contribution >= 4 is 11.0 Å². The first-order valence-electron chi connectivity index (χ1n) is 6.69. The van der Waals surface area contributed by atoms with E-state index in [9.17, 15) is 4.79 Å². The number of aryl methyl sites for hydroxylation is 1. The minimum absolute atomic E-state index is 0.0256. The highest BCUT2D eigenvalue weighted by Crippen LogP contribution is 2.11.